The summed E-state index contributed by atoms with van der Waals surface area (Å²) in [5.74, 6) is -0.433. The zero-order valence-electron chi connectivity index (χ0n) is 12.2. The van der Waals surface area contributed by atoms with Crippen LogP contribution in [0.3, 0.4) is 0 Å². The van der Waals surface area contributed by atoms with Crippen LogP contribution in [0.4, 0.5) is 0 Å². The summed E-state index contributed by atoms with van der Waals surface area (Å²) in [7, 11) is 0. The molecule has 0 aromatic rings. The van der Waals surface area contributed by atoms with E-state index in [1.54, 1.807) is 27.7 Å². The van der Waals surface area contributed by atoms with Crippen LogP contribution in [0.15, 0.2) is 0 Å². The number of esters is 1. The molecule has 18 heavy (non-hydrogen) atoms. The van der Waals surface area contributed by atoms with Gasteiger partial charge in [-0.15, -0.1) is 0 Å². The maximum Gasteiger partial charge on any atom is 0.328 e. The van der Waals surface area contributed by atoms with E-state index in [1.807, 2.05) is 13.8 Å². The molecular weight excluding hydrogens is 232 g/mol. The first-order valence-corrected chi connectivity index (χ1v) is 6.31. The van der Waals surface area contributed by atoms with Crippen LogP contribution in [0.1, 0.15) is 48.0 Å². The molecule has 0 unspecified atom stereocenters. The summed E-state index contributed by atoms with van der Waals surface area (Å²) >= 11 is 0. The molecule has 0 aliphatic carbocycles. The molecule has 5 nitrogen and oxygen atoms in total. The van der Waals surface area contributed by atoms with Gasteiger partial charge in [-0.25, -0.2) is 4.79 Å². The van der Waals surface area contributed by atoms with Crippen LogP contribution >= 0.6 is 0 Å². The fourth-order valence-corrected chi connectivity index (χ4v) is 1.38. The molecule has 2 atom stereocenters. The van der Waals surface area contributed by atoms with E-state index in [2.05, 4.69) is 5.32 Å². The van der Waals surface area contributed by atoms with Gasteiger partial charge in [0.15, 0.2) is 0 Å². The van der Waals surface area contributed by atoms with Crippen LogP contribution in [0.5, 0.6) is 0 Å². The molecule has 0 heterocycles. The molecular formula is C13H26N2O3. The molecule has 0 rings (SSSR count). The Labute approximate surface area is 109 Å². The minimum atomic E-state index is -0.685. The highest BCUT2D eigenvalue weighted by molar-refractivity contribution is 5.87. The quantitative estimate of drug-likeness (QED) is 0.726. The van der Waals surface area contributed by atoms with Gasteiger partial charge in [-0.3, -0.25) is 4.79 Å². The molecule has 0 spiro atoms. The lowest BCUT2D eigenvalue weighted by molar-refractivity contribution is -0.158. The highest BCUT2D eigenvalue weighted by atomic mass is 16.6. The van der Waals surface area contributed by atoms with Crippen molar-refractivity contribution in [2.24, 2.45) is 11.7 Å². The smallest absolute Gasteiger partial charge is 0.328 e. The molecule has 0 aliphatic rings. The number of nitrogens with one attached hydrogen (secondary N) is 1. The van der Waals surface area contributed by atoms with Gasteiger partial charge in [0, 0.05) is 0 Å². The predicted octanol–water partition coefficient (Wildman–Crippen LogP) is 1.21. The summed E-state index contributed by atoms with van der Waals surface area (Å²) in [6, 6.07) is -1.27. The average Bonchev–Trinajstić information content (AvgIpc) is 2.13. The lowest BCUT2D eigenvalue weighted by Gasteiger charge is -2.23. The summed E-state index contributed by atoms with van der Waals surface area (Å²) in [6.45, 7) is 10.9. The number of carbonyl (C=O) groups excluding carboxylic acids is 2. The minimum Gasteiger partial charge on any atom is -0.458 e. The molecule has 0 radical (unpaired) electrons. The molecule has 5 heteroatoms. The van der Waals surface area contributed by atoms with Crippen LogP contribution < -0.4 is 11.1 Å². The number of rotatable bonds is 5. The van der Waals surface area contributed by atoms with Gasteiger partial charge in [0.05, 0.1) is 6.04 Å². The number of nitrogens with two attached hydrogens (primary N) is 1. The number of amides is 1. The third kappa shape index (κ3) is 7.27. The molecule has 0 bridgehead atoms. The van der Waals surface area contributed by atoms with E-state index in [-0.39, 0.29) is 5.91 Å². The Morgan fingerprint density at radius 1 is 1.22 bits per heavy atom. The van der Waals surface area contributed by atoms with Gasteiger partial charge in [0.25, 0.3) is 0 Å². The van der Waals surface area contributed by atoms with E-state index < -0.39 is 23.7 Å². The van der Waals surface area contributed by atoms with E-state index >= 15 is 0 Å². The Balaban J connectivity index is 4.26. The summed E-state index contributed by atoms with van der Waals surface area (Å²) in [5.41, 5.74) is 5.17. The summed E-state index contributed by atoms with van der Waals surface area (Å²) in [6.07, 6.45) is 0.590. The normalized spacial score (nSPS) is 15.1. The van der Waals surface area contributed by atoms with Crippen LogP contribution in [-0.4, -0.2) is 29.6 Å². The van der Waals surface area contributed by atoms with Crippen molar-refractivity contribution in [3.05, 3.63) is 0 Å². The first kappa shape index (κ1) is 16.9. The van der Waals surface area contributed by atoms with Crippen LogP contribution in [0, 0.1) is 5.92 Å². The third-order valence-corrected chi connectivity index (χ3v) is 2.18. The topological polar surface area (TPSA) is 81.4 Å². The molecule has 0 aromatic heterocycles. The van der Waals surface area contributed by atoms with Crippen molar-refractivity contribution in [3.8, 4) is 0 Å². The fourth-order valence-electron chi connectivity index (χ4n) is 1.38. The Morgan fingerprint density at radius 3 is 2.11 bits per heavy atom. The minimum absolute atomic E-state index is 0.318. The summed E-state index contributed by atoms with van der Waals surface area (Å²) in [4.78, 5) is 23.4. The molecule has 0 saturated heterocycles. The summed E-state index contributed by atoms with van der Waals surface area (Å²) in [5, 5.41) is 2.57. The molecule has 0 aliphatic heterocycles. The molecule has 3 N–H and O–H groups in total. The van der Waals surface area contributed by atoms with Gasteiger partial charge in [0.2, 0.25) is 5.91 Å². The van der Waals surface area contributed by atoms with Crippen LogP contribution in [0.25, 0.3) is 0 Å². The van der Waals surface area contributed by atoms with Crippen molar-refractivity contribution >= 4 is 11.9 Å². The van der Waals surface area contributed by atoms with Crippen molar-refractivity contribution < 1.29 is 14.3 Å². The molecule has 106 valence electrons. The molecule has 1 amide bonds. The number of hydrogen-bond acceptors (Lipinski definition) is 4. The lowest BCUT2D eigenvalue weighted by Crippen LogP contribution is -2.49. The average molecular weight is 258 g/mol. The monoisotopic (exact) mass is 258 g/mol. The van der Waals surface area contributed by atoms with Gasteiger partial charge >= 0.3 is 5.97 Å². The third-order valence-electron chi connectivity index (χ3n) is 2.18. The van der Waals surface area contributed by atoms with E-state index in [9.17, 15) is 9.59 Å². The molecule has 0 aromatic carbocycles. The number of ether oxygens (including phenoxy) is 1. The highest BCUT2D eigenvalue weighted by Crippen LogP contribution is 2.08. The van der Waals surface area contributed by atoms with Gasteiger partial charge in [-0.1, -0.05) is 13.8 Å². The number of hydrogen-bond donors (Lipinski definition) is 2. The van der Waals surface area contributed by atoms with Gasteiger partial charge < -0.3 is 15.8 Å². The SMILES string of the molecule is CC(C)C[C@@H](N)C(=O)N[C@@H](C)C(=O)OC(C)(C)C. The maximum atomic E-state index is 11.7. The zero-order chi connectivity index (χ0) is 14.5. The second-order valence-electron chi connectivity index (χ2n) is 6.00. The zero-order valence-corrected chi connectivity index (χ0v) is 12.2. The van der Waals surface area contributed by atoms with Crippen LogP contribution in [0.2, 0.25) is 0 Å². The fraction of sp³-hybridized carbons (Fsp3) is 0.846. The Bertz CT molecular complexity index is 295. The van der Waals surface area contributed by atoms with E-state index in [0.717, 1.165) is 0 Å². The first-order valence-electron chi connectivity index (χ1n) is 6.31. The largest absolute Gasteiger partial charge is 0.458 e. The van der Waals surface area contributed by atoms with Crippen molar-refractivity contribution in [1.29, 1.82) is 0 Å². The first-order chi connectivity index (χ1) is 8.03. The molecule has 0 saturated carbocycles. The van der Waals surface area contributed by atoms with E-state index in [4.69, 9.17) is 10.5 Å². The Morgan fingerprint density at radius 2 is 1.72 bits per heavy atom. The van der Waals surface area contributed by atoms with Crippen molar-refractivity contribution in [2.45, 2.75) is 65.6 Å². The summed E-state index contributed by atoms with van der Waals surface area (Å²) < 4.78 is 5.17. The van der Waals surface area contributed by atoms with Crippen molar-refractivity contribution in [1.82, 2.24) is 5.32 Å². The molecule has 0 fully saturated rings. The lowest BCUT2D eigenvalue weighted by atomic mass is 10.0. The second-order valence-corrected chi connectivity index (χ2v) is 6.00. The highest BCUT2D eigenvalue weighted by Gasteiger charge is 2.25. The van der Waals surface area contributed by atoms with E-state index in [1.165, 1.54) is 0 Å². The van der Waals surface area contributed by atoms with Gasteiger partial charge in [-0.2, -0.15) is 0 Å². The van der Waals surface area contributed by atoms with E-state index in [0.29, 0.717) is 12.3 Å². The van der Waals surface area contributed by atoms with Gasteiger partial charge in [0.1, 0.15) is 11.6 Å². The predicted molar refractivity (Wildman–Crippen MR) is 70.9 cm³/mol. The van der Waals surface area contributed by atoms with Gasteiger partial charge in [-0.05, 0) is 40.0 Å². The standard InChI is InChI=1S/C13H26N2O3/c1-8(2)7-10(14)11(16)15-9(3)12(17)18-13(4,5)6/h8-10H,7,14H2,1-6H3,(H,15,16)/t9-,10+/m0/s1. The Hall–Kier alpha value is -1.10. The van der Waals surface area contributed by atoms with Crippen molar-refractivity contribution in [2.75, 3.05) is 0 Å². The maximum absolute atomic E-state index is 11.7. The van der Waals surface area contributed by atoms with Crippen molar-refractivity contribution in [3.63, 3.8) is 0 Å². The van der Waals surface area contributed by atoms with Crippen LogP contribution in [-0.2, 0) is 14.3 Å². The number of carbonyl (C=O) groups is 2. The second kappa shape index (κ2) is 6.73. The Kier molecular flexibility index (Phi) is 6.32.